The van der Waals surface area contributed by atoms with E-state index in [1.165, 1.54) is 24.4 Å². The van der Waals surface area contributed by atoms with Gasteiger partial charge in [0.1, 0.15) is 12.3 Å². The van der Waals surface area contributed by atoms with Crippen LogP contribution in [0.3, 0.4) is 0 Å². The van der Waals surface area contributed by atoms with Crippen LogP contribution in [0.1, 0.15) is 16.7 Å². The maximum absolute atomic E-state index is 12.7. The topological polar surface area (TPSA) is 77.2 Å². The highest BCUT2D eigenvalue weighted by atomic mass is 19.4. The number of alkyl halides is 3. The largest absolute Gasteiger partial charge is 0.416 e. The summed E-state index contributed by atoms with van der Waals surface area (Å²) in [5.74, 6) is 0. The van der Waals surface area contributed by atoms with Gasteiger partial charge in [-0.3, -0.25) is 10.1 Å². The number of halogens is 3. The molecule has 7 nitrogen and oxygen atoms in total. The van der Waals surface area contributed by atoms with E-state index in [-0.39, 0.29) is 12.3 Å². The maximum atomic E-state index is 12.7. The molecule has 0 spiro atoms. The monoisotopic (exact) mass is 409 g/mol. The summed E-state index contributed by atoms with van der Waals surface area (Å²) in [7, 11) is 0. The van der Waals surface area contributed by atoms with Gasteiger partial charge in [-0.05, 0) is 23.8 Å². The molecule has 1 aliphatic rings. The lowest BCUT2D eigenvalue weighted by atomic mass is 10.1. The molecular formula is C19H18F3N3O4. The van der Waals surface area contributed by atoms with Crippen molar-refractivity contribution >= 4 is 17.6 Å². The molecule has 1 saturated heterocycles. The summed E-state index contributed by atoms with van der Waals surface area (Å²) in [6, 6.07) is 9.42. The van der Waals surface area contributed by atoms with Gasteiger partial charge < -0.3 is 14.5 Å². The third-order valence-electron chi connectivity index (χ3n) is 4.31. The Morgan fingerprint density at radius 2 is 1.97 bits per heavy atom. The number of anilines is 1. The molecule has 0 amide bonds. The molecule has 2 aromatic rings. The molecule has 29 heavy (non-hydrogen) atoms. The summed E-state index contributed by atoms with van der Waals surface area (Å²) in [5, 5.41) is 15.1. The average Bonchev–Trinajstić information content (AvgIpc) is 2.71. The van der Waals surface area contributed by atoms with E-state index in [0.717, 1.165) is 12.1 Å². The van der Waals surface area contributed by atoms with E-state index >= 15 is 0 Å². The van der Waals surface area contributed by atoms with Crippen LogP contribution in [-0.4, -0.2) is 37.4 Å². The summed E-state index contributed by atoms with van der Waals surface area (Å²) >= 11 is 0. The number of morpholine rings is 1. The van der Waals surface area contributed by atoms with Crippen molar-refractivity contribution in [1.82, 2.24) is 0 Å². The van der Waals surface area contributed by atoms with Gasteiger partial charge in [-0.15, -0.1) is 0 Å². The minimum absolute atomic E-state index is 0.0614. The fourth-order valence-electron chi connectivity index (χ4n) is 2.89. The zero-order valence-corrected chi connectivity index (χ0v) is 15.3. The fourth-order valence-corrected chi connectivity index (χ4v) is 2.89. The number of rotatable bonds is 6. The minimum Gasteiger partial charge on any atom is -0.391 e. The van der Waals surface area contributed by atoms with Gasteiger partial charge in [0.05, 0.1) is 29.9 Å². The molecule has 1 heterocycles. The molecule has 0 aromatic heterocycles. The molecule has 1 fully saturated rings. The van der Waals surface area contributed by atoms with E-state index in [1.54, 1.807) is 12.1 Å². The second-order valence-electron chi connectivity index (χ2n) is 6.31. The zero-order valence-electron chi connectivity index (χ0n) is 15.3. The van der Waals surface area contributed by atoms with E-state index < -0.39 is 16.7 Å². The number of hydrogen-bond donors (Lipinski definition) is 0. The second kappa shape index (κ2) is 8.91. The summed E-state index contributed by atoms with van der Waals surface area (Å²) in [6.07, 6.45) is -3.15. The predicted molar refractivity (Wildman–Crippen MR) is 100.0 cm³/mol. The van der Waals surface area contributed by atoms with Crippen LogP contribution in [0.4, 0.5) is 24.5 Å². The van der Waals surface area contributed by atoms with Crippen molar-refractivity contribution in [3.63, 3.8) is 0 Å². The zero-order chi connectivity index (χ0) is 20.9. The van der Waals surface area contributed by atoms with Crippen molar-refractivity contribution in [2.75, 3.05) is 31.2 Å². The van der Waals surface area contributed by atoms with E-state index in [1.807, 2.05) is 4.90 Å². The first-order valence-corrected chi connectivity index (χ1v) is 8.77. The van der Waals surface area contributed by atoms with Gasteiger partial charge in [-0.25, -0.2) is 0 Å². The Hall–Kier alpha value is -3.14. The molecule has 10 heteroatoms. The fraction of sp³-hybridized carbons (Fsp3) is 0.316. The molecular weight excluding hydrogens is 391 g/mol. The Morgan fingerprint density at radius 1 is 1.21 bits per heavy atom. The lowest BCUT2D eigenvalue weighted by Crippen LogP contribution is -2.36. The molecule has 0 bridgehead atoms. The Labute approximate surface area is 164 Å². The molecule has 0 aliphatic carbocycles. The van der Waals surface area contributed by atoms with Gasteiger partial charge in [0.15, 0.2) is 0 Å². The van der Waals surface area contributed by atoms with Crippen LogP contribution < -0.4 is 4.90 Å². The lowest BCUT2D eigenvalue weighted by molar-refractivity contribution is -0.384. The quantitative estimate of drug-likeness (QED) is 0.409. The molecule has 0 atom stereocenters. The predicted octanol–water partition coefficient (Wildman–Crippen LogP) is 4.00. The van der Waals surface area contributed by atoms with Gasteiger partial charge in [-0.2, -0.15) is 13.2 Å². The number of nitro groups is 1. The van der Waals surface area contributed by atoms with Crippen LogP contribution in [-0.2, 0) is 22.4 Å². The van der Waals surface area contributed by atoms with E-state index in [2.05, 4.69) is 5.16 Å². The summed E-state index contributed by atoms with van der Waals surface area (Å²) < 4.78 is 43.4. The number of nitro benzene ring substituents is 1. The Morgan fingerprint density at radius 3 is 2.66 bits per heavy atom. The third-order valence-corrected chi connectivity index (χ3v) is 4.31. The van der Waals surface area contributed by atoms with Crippen LogP contribution in [0, 0.1) is 10.1 Å². The van der Waals surface area contributed by atoms with E-state index in [0.29, 0.717) is 43.1 Å². The van der Waals surface area contributed by atoms with Crippen molar-refractivity contribution in [2.45, 2.75) is 12.8 Å². The Bertz CT molecular complexity index is 897. The van der Waals surface area contributed by atoms with E-state index in [4.69, 9.17) is 9.57 Å². The standard InChI is InChI=1S/C19H18F3N3O4/c20-19(21,22)16-3-1-2-15(10-16)13-29-23-12-14-4-5-17(18(11-14)25(26)27)24-6-8-28-9-7-24/h1-5,10-12H,6-9,13H2/b23-12+. The molecule has 0 saturated carbocycles. The molecule has 0 unspecified atom stereocenters. The molecule has 3 rings (SSSR count). The summed E-state index contributed by atoms with van der Waals surface area (Å²) in [5.41, 5.74) is 0.425. The third kappa shape index (κ3) is 5.44. The van der Waals surface area contributed by atoms with Crippen LogP contribution in [0.25, 0.3) is 0 Å². The first kappa shape index (κ1) is 20.6. The molecule has 0 radical (unpaired) electrons. The van der Waals surface area contributed by atoms with Crippen LogP contribution in [0.15, 0.2) is 47.6 Å². The molecule has 1 aliphatic heterocycles. The maximum Gasteiger partial charge on any atom is 0.416 e. The summed E-state index contributed by atoms with van der Waals surface area (Å²) in [6.45, 7) is 1.98. The van der Waals surface area contributed by atoms with Gasteiger partial charge in [0, 0.05) is 24.7 Å². The minimum atomic E-state index is -4.43. The molecule has 0 N–H and O–H groups in total. The Kier molecular flexibility index (Phi) is 6.32. The van der Waals surface area contributed by atoms with Crippen molar-refractivity contribution in [3.8, 4) is 0 Å². The van der Waals surface area contributed by atoms with Crippen molar-refractivity contribution in [2.24, 2.45) is 5.16 Å². The number of ether oxygens (including phenoxy) is 1. The van der Waals surface area contributed by atoms with Crippen LogP contribution >= 0.6 is 0 Å². The number of nitrogens with zero attached hydrogens (tertiary/aromatic N) is 3. The van der Waals surface area contributed by atoms with Crippen molar-refractivity contribution in [3.05, 3.63) is 69.3 Å². The highest BCUT2D eigenvalue weighted by molar-refractivity contribution is 5.82. The second-order valence-corrected chi connectivity index (χ2v) is 6.31. The van der Waals surface area contributed by atoms with E-state index in [9.17, 15) is 23.3 Å². The molecule has 154 valence electrons. The SMILES string of the molecule is O=[N+]([O-])c1cc(/C=N/OCc2cccc(C(F)(F)F)c2)ccc1N1CCOCC1. The lowest BCUT2D eigenvalue weighted by Gasteiger charge is -2.28. The summed E-state index contributed by atoms with van der Waals surface area (Å²) in [4.78, 5) is 17.9. The smallest absolute Gasteiger partial charge is 0.391 e. The first-order chi connectivity index (χ1) is 13.8. The highest BCUT2D eigenvalue weighted by Gasteiger charge is 2.30. The van der Waals surface area contributed by atoms with Crippen LogP contribution in [0.5, 0.6) is 0 Å². The van der Waals surface area contributed by atoms with Gasteiger partial charge in [0.25, 0.3) is 5.69 Å². The molecule has 2 aromatic carbocycles. The van der Waals surface area contributed by atoms with Gasteiger partial charge >= 0.3 is 6.18 Å². The first-order valence-electron chi connectivity index (χ1n) is 8.77. The highest BCUT2D eigenvalue weighted by Crippen LogP contribution is 2.30. The average molecular weight is 409 g/mol. The number of hydrogen-bond acceptors (Lipinski definition) is 6. The van der Waals surface area contributed by atoms with Gasteiger partial charge in [0.2, 0.25) is 0 Å². The van der Waals surface area contributed by atoms with Crippen LogP contribution in [0.2, 0.25) is 0 Å². The normalized spacial score (nSPS) is 14.9. The van der Waals surface area contributed by atoms with Crippen molar-refractivity contribution < 1.29 is 27.7 Å². The number of benzene rings is 2. The van der Waals surface area contributed by atoms with Crippen molar-refractivity contribution in [1.29, 1.82) is 0 Å². The number of oxime groups is 1. The van der Waals surface area contributed by atoms with Gasteiger partial charge in [-0.1, -0.05) is 23.4 Å². The Balaban J connectivity index is 1.66.